The van der Waals surface area contributed by atoms with Crippen LogP contribution in [0.25, 0.3) is 0 Å². The maximum absolute atomic E-state index is 13.2. The minimum Gasteiger partial charge on any atom is -0.353 e. The molecule has 1 N–H and O–H groups in total. The van der Waals surface area contributed by atoms with Gasteiger partial charge in [0, 0.05) is 50.5 Å². The van der Waals surface area contributed by atoms with Crippen molar-refractivity contribution in [1.29, 1.82) is 0 Å². The van der Waals surface area contributed by atoms with Gasteiger partial charge < -0.3 is 15.1 Å². The Labute approximate surface area is 180 Å². The van der Waals surface area contributed by atoms with Crippen molar-refractivity contribution in [2.75, 3.05) is 19.6 Å². The molecular weight excluding hydrogens is 378 g/mol. The lowest BCUT2D eigenvalue weighted by atomic mass is 9.81. The quantitative estimate of drug-likeness (QED) is 0.695. The molecule has 0 aromatic heterocycles. The maximum atomic E-state index is 13.2. The number of likely N-dealkylation sites (tertiary alicyclic amines) is 1. The molecule has 3 saturated carbocycles. The second-order valence-corrected chi connectivity index (χ2v) is 10.6. The Kier molecular flexibility index (Phi) is 5.76. The second-order valence-electron chi connectivity index (χ2n) is 10.6. The predicted octanol–water partition coefficient (Wildman–Crippen LogP) is 2.71. The lowest BCUT2D eigenvalue weighted by Gasteiger charge is -2.39. The van der Waals surface area contributed by atoms with E-state index in [4.69, 9.17) is 0 Å². The van der Waals surface area contributed by atoms with E-state index in [1.54, 1.807) is 0 Å². The summed E-state index contributed by atoms with van der Waals surface area (Å²) in [6, 6.07) is 0.253. The molecule has 2 heterocycles. The van der Waals surface area contributed by atoms with Crippen LogP contribution in [0.5, 0.6) is 0 Å². The average molecular weight is 416 g/mol. The maximum Gasteiger partial charge on any atom is 0.225 e. The fourth-order valence-electron chi connectivity index (χ4n) is 5.92. The first kappa shape index (κ1) is 20.3. The normalized spacial score (nSPS) is 32.3. The van der Waals surface area contributed by atoms with Crippen molar-refractivity contribution < 1.29 is 14.4 Å². The molecule has 6 heteroatoms. The standard InChI is InChI=1S/C24H37N3O3/c28-22-6-2-5-18(25-22)13-23(29)27(15-16-7-8-16)19-9-11-26(12-10-19)24(30)21-14-20(21)17-3-1-4-17/h16-21H,1-15H2,(H,25,28)/t18?,20-,21+/m0/s1. The Morgan fingerprint density at radius 1 is 1.00 bits per heavy atom. The highest BCUT2D eigenvalue weighted by atomic mass is 16.2. The van der Waals surface area contributed by atoms with Crippen LogP contribution in [0.15, 0.2) is 0 Å². The van der Waals surface area contributed by atoms with Gasteiger partial charge in [0.2, 0.25) is 17.7 Å². The molecule has 2 aliphatic heterocycles. The van der Waals surface area contributed by atoms with Crippen molar-refractivity contribution in [3.05, 3.63) is 0 Å². The molecule has 0 radical (unpaired) electrons. The van der Waals surface area contributed by atoms with Gasteiger partial charge in [0.15, 0.2) is 0 Å². The highest BCUT2D eigenvalue weighted by Gasteiger charge is 2.50. The van der Waals surface area contributed by atoms with Crippen LogP contribution in [0.1, 0.15) is 77.0 Å². The number of rotatable bonds is 7. The van der Waals surface area contributed by atoms with Gasteiger partial charge in [-0.2, -0.15) is 0 Å². The molecule has 6 nitrogen and oxygen atoms in total. The number of carbonyl (C=O) groups excluding carboxylic acids is 3. The van der Waals surface area contributed by atoms with Crippen molar-refractivity contribution in [3.8, 4) is 0 Å². The highest BCUT2D eigenvalue weighted by Crippen LogP contribution is 2.52. The van der Waals surface area contributed by atoms with Crippen molar-refractivity contribution in [1.82, 2.24) is 15.1 Å². The topological polar surface area (TPSA) is 69.7 Å². The third kappa shape index (κ3) is 4.52. The Morgan fingerprint density at radius 3 is 2.40 bits per heavy atom. The van der Waals surface area contributed by atoms with Crippen molar-refractivity contribution in [3.63, 3.8) is 0 Å². The first-order valence-electron chi connectivity index (χ1n) is 12.5. The zero-order valence-electron chi connectivity index (χ0n) is 18.2. The summed E-state index contributed by atoms with van der Waals surface area (Å²) >= 11 is 0. The predicted molar refractivity (Wildman–Crippen MR) is 113 cm³/mol. The minimum absolute atomic E-state index is 0.000394. The van der Waals surface area contributed by atoms with Gasteiger partial charge in [-0.25, -0.2) is 0 Å². The lowest BCUT2D eigenvalue weighted by molar-refractivity contribution is -0.138. The Morgan fingerprint density at radius 2 is 1.77 bits per heavy atom. The lowest BCUT2D eigenvalue weighted by Crippen LogP contribution is -2.51. The molecule has 0 aromatic carbocycles. The molecule has 5 aliphatic rings. The number of nitrogens with one attached hydrogen (secondary N) is 1. The van der Waals surface area contributed by atoms with Crippen molar-refractivity contribution >= 4 is 17.7 Å². The van der Waals surface area contributed by atoms with Crippen LogP contribution in [0.4, 0.5) is 0 Å². The van der Waals surface area contributed by atoms with Gasteiger partial charge in [-0.3, -0.25) is 14.4 Å². The smallest absolute Gasteiger partial charge is 0.225 e. The molecule has 30 heavy (non-hydrogen) atoms. The van der Waals surface area contributed by atoms with Crippen LogP contribution in [0.2, 0.25) is 0 Å². The number of hydrogen-bond acceptors (Lipinski definition) is 3. The van der Waals surface area contributed by atoms with E-state index in [0.29, 0.717) is 36.5 Å². The molecule has 2 saturated heterocycles. The summed E-state index contributed by atoms with van der Waals surface area (Å²) in [5, 5.41) is 3.00. The Hall–Kier alpha value is -1.59. The Bertz CT molecular complexity index is 679. The first-order chi connectivity index (χ1) is 14.6. The fourth-order valence-corrected chi connectivity index (χ4v) is 5.92. The minimum atomic E-state index is 0.000394. The summed E-state index contributed by atoms with van der Waals surface area (Å²) in [6.07, 6.45) is 12.2. The van der Waals surface area contributed by atoms with E-state index in [-0.39, 0.29) is 23.9 Å². The number of piperidine rings is 2. The first-order valence-corrected chi connectivity index (χ1v) is 12.5. The van der Waals surface area contributed by atoms with Gasteiger partial charge in [0.1, 0.15) is 0 Å². The number of nitrogens with zero attached hydrogens (tertiary/aromatic N) is 2. The molecule has 166 valence electrons. The van der Waals surface area contributed by atoms with Crippen molar-refractivity contribution in [2.24, 2.45) is 23.7 Å². The monoisotopic (exact) mass is 415 g/mol. The SMILES string of the molecule is O=C1CCCC(CC(=O)N(CC2CC2)C2CCN(C(=O)[C@@H]3C[C@H]3C3CCC3)CC2)N1. The molecule has 0 aromatic rings. The van der Waals surface area contributed by atoms with Gasteiger partial charge in [0.05, 0.1) is 0 Å². The number of carbonyl (C=O) groups is 3. The van der Waals surface area contributed by atoms with E-state index in [9.17, 15) is 14.4 Å². The summed E-state index contributed by atoms with van der Waals surface area (Å²) in [5.74, 6) is 3.11. The third-order valence-corrected chi connectivity index (χ3v) is 8.34. The van der Waals surface area contributed by atoms with Crippen LogP contribution in [0.3, 0.4) is 0 Å². The fraction of sp³-hybridized carbons (Fsp3) is 0.875. The molecule has 3 amide bonds. The van der Waals surface area contributed by atoms with E-state index >= 15 is 0 Å². The van der Waals surface area contributed by atoms with Crippen LogP contribution in [-0.2, 0) is 14.4 Å². The largest absolute Gasteiger partial charge is 0.353 e. The van der Waals surface area contributed by atoms with Crippen LogP contribution < -0.4 is 5.32 Å². The van der Waals surface area contributed by atoms with E-state index in [1.807, 2.05) is 0 Å². The molecule has 5 fully saturated rings. The molecule has 3 atom stereocenters. The molecular formula is C24H37N3O3. The summed E-state index contributed by atoms with van der Waals surface area (Å²) < 4.78 is 0. The van der Waals surface area contributed by atoms with Gasteiger partial charge in [-0.1, -0.05) is 19.3 Å². The number of amides is 3. The molecule has 1 unspecified atom stereocenters. The molecule has 5 rings (SSSR count). The van der Waals surface area contributed by atoms with E-state index in [1.165, 1.54) is 32.1 Å². The average Bonchev–Trinajstić information content (AvgIpc) is 3.61. The second kappa shape index (κ2) is 8.51. The van der Waals surface area contributed by atoms with E-state index in [0.717, 1.165) is 57.7 Å². The zero-order valence-corrected chi connectivity index (χ0v) is 18.2. The van der Waals surface area contributed by atoms with Crippen LogP contribution >= 0.6 is 0 Å². The summed E-state index contributed by atoms with van der Waals surface area (Å²) in [7, 11) is 0. The van der Waals surface area contributed by atoms with Gasteiger partial charge in [0.25, 0.3) is 0 Å². The van der Waals surface area contributed by atoms with Gasteiger partial charge in [-0.15, -0.1) is 0 Å². The molecule has 0 spiro atoms. The van der Waals surface area contributed by atoms with Gasteiger partial charge >= 0.3 is 0 Å². The molecule has 0 bridgehead atoms. The highest BCUT2D eigenvalue weighted by molar-refractivity contribution is 5.82. The molecule has 3 aliphatic carbocycles. The van der Waals surface area contributed by atoms with Crippen LogP contribution in [-0.4, -0.2) is 59.2 Å². The summed E-state index contributed by atoms with van der Waals surface area (Å²) in [5.41, 5.74) is 0. The third-order valence-electron chi connectivity index (χ3n) is 8.34. The zero-order chi connectivity index (χ0) is 20.7. The van der Waals surface area contributed by atoms with E-state index in [2.05, 4.69) is 15.1 Å². The summed E-state index contributed by atoms with van der Waals surface area (Å²) in [4.78, 5) is 42.0. The summed E-state index contributed by atoms with van der Waals surface area (Å²) in [6.45, 7) is 2.46. The Balaban J connectivity index is 1.13. The number of hydrogen-bond donors (Lipinski definition) is 1. The van der Waals surface area contributed by atoms with Gasteiger partial charge in [-0.05, 0) is 62.7 Å². The van der Waals surface area contributed by atoms with Crippen molar-refractivity contribution in [2.45, 2.75) is 89.1 Å². The van der Waals surface area contributed by atoms with Crippen LogP contribution in [0, 0.1) is 23.7 Å². The van der Waals surface area contributed by atoms with E-state index < -0.39 is 0 Å².